The summed E-state index contributed by atoms with van der Waals surface area (Å²) in [5, 5.41) is 0. The van der Waals surface area contributed by atoms with Gasteiger partial charge in [0.15, 0.2) is 5.78 Å². The number of benzene rings is 1. The summed E-state index contributed by atoms with van der Waals surface area (Å²) < 4.78 is 13.5. The molecule has 4 fully saturated rings. The molecule has 4 heterocycles. The summed E-state index contributed by atoms with van der Waals surface area (Å²) in [7, 11) is 0. The lowest BCUT2D eigenvalue weighted by Crippen LogP contribution is -2.77. The van der Waals surface area contributed by atoms with Crippen LogP contribution < -0.4 is 0 Å². The zero-order chi connectivity index (χ0) is 13.3. The van der Waals surface area contributed by atoms with E-state index in [0.717, 1.165) is 38.4 Å². The fraction of sp³-hybridized carbons (Fsp3) is 0.533. The third kappa shape index (κ3) is 1.41. The van der Waals surface area contributed by atoms with Crippen molar-refractivity contribution in [3.8, 4) is 0 Å². The van der Waals surface area contributed by atoms with Gasteiger partial charge < -0.3 is 0 Å². The largest absolute Gasteiger partial charge is 0.298 e. The van der Waals surface area contributed by atoms with E-state index in [1.165, 1.54) is 12.1 Å². The highest BCUT2D eigenvalue weighted by atomic mass is 19.1. The maximum atomic E-state index is 13.5. The topological polar surface area (TPSA) is 23.6 Å². The quantitative estimate of drug-likeness (QED) is 0.759. The molecule has 4 aliphatic rings. The van der Waals surface area contributed by atoms with E-state index >= 15 is 0 Å². The first-order valence-electron chi connectivity index (χ1n) is 6.78. The van der Waals surface area contributed by atoms with Crippen LogP contribution in [0.25, 0.3) is 0 Å². The van der Waals surface area contributed by atoms with Crippen LogP contribution in [0.3, 0.4) is 0 Å². The fourth-order valence-corrected chi connectivity index (χ4v) is 4.41. The molecule has 4 bridgehead atoms. The van der Waals surface area contributed by atoms with Gasteiger partial charge in [0.1, 0.15) is 5.82 Å². The number of carbonyl (C=O) groups excluding carboxylic acids is 1. The van der Waals surface area contributed by atoms with Crippen molar-refractivity contribution in [1.29, 1.82) is 0 Å². The molecule has 4 saturated heterocycles. The summed E-state index contributed by atoms with van der Waals surface area (Å²) in [6, 6.07) is 6.59. The SMILES string of the molecule is CC12CN3CN(C1)CC(c1cccc(F)c1)(C3)C2=O. The molecule has 1 aromatic carbocycles. The van der Waals surface area contributed by atoms with Gasteiger partial charge >= 0.3 is 0 Å². The molecule has 0 aromatic heterocycles. The molecule has 0 amide bonds. The van der Waals surface area contributed by atoms with Gasteiger partial charge in [-0.1, -0.05) is 19.1 Å². The minimum absolute atomic E-state index is 0.254. The first-order valence-corrected chi connectivity index (χ1v) is 6.78. The number of halogens is 1. The van der Waals surface area contributed by atoms with Crippen molar-refractivity contribution in [1.82, 2.24) is 9.80 Å². The summed E-state index contributed by atoms with van der Waals surface area (Å²) in [5.74, 6) is 0.0500. The van der Waals surface area contributed by atoms with Crippen molar-refractivity contribution in [2.45, 2.75) is 12.3 Å². The first-order chi connectivity index (χ1) is 9.02. The molecule has 0 saturated carbocycles. The van der Waals surface area contributed by atoms with Gasteiger partial charge in [-0.05, 0) is 17.7 Å². The second-order valence-corrected chi connectivity index (χ2v) is 6.60. The van der Waals surface area contributed by atoms with Gasteiger partial charge in [-0.3, -0.25) is 14.6 Å². The molecule has 5 rings (SSSR count). The predicted molar refractivity (Wildman–Crippen MR) is 69.2 cm³/mol. The van der Waals surface area contributed by atoms with Crippen LogP contribution in [0.4, 0.5) is 4.39 Å². The molecule has 0 radical (unpaired) electrons. The summed E-state index contributed by atoms with van der Waals surface area (Å²) in [6.45, 7) is 6.17. The van der Waals surface area contributed by atoms with Gasteiger partial charge in [-0.25, -0.2) is 4.39 Å². The smallest absolute Gasteiger partial charge is 0.154 e. The molecule has 4 aliphatic heterocycles. The van der Waals surface area contributed by atoms with Crippen molar-refractivity contribution in [2.75, 3.05) is 32.8 Å². The number of rotatable bonds is 1. The third-order valence-electron chi connectivity index (χ3n) is 4.89. The Labute approximate surface area is 112 Å². The number of carbonyl (C=O) groups is 1. The predicted octanol–water partition coefficient (Wildman–Crippen LogP) is 1.24. The van der Waals surface area contributed by atoms with E-state index in [4.69, 9.17) is 0 Å². The Hall–Kier alpha value is -1.26. The van der Waals surface area contributed by atoms with Crippen LogP contribution >= 0.6 is 0 Å². The zero-order valence-electron chi connectivity index (χ0n) is 11.0. The summed E-state index contributed by atoms with van der Waals surface area (Å²) in [6.07, 6.45) is 0. The van der Waals surface area contributed by atoms with E-state index < -0.39 is 5.41 Å². The van der Waals surface area contributed by atoms with Crippen LogP contribution in [0.2, 0.25) is 0 Å². The van der Waals surface area contributed by atoms with E-state index in [2.05, 4.69) is 16.7 Å². The van der Waals surface area contributed by atoms with Crippen molar-refractivity contribution < 1.29 is 9.18 Å². The van der Waals surface area contributed by atoms with Crippen LogP contribution in [0.1, 0.15) is 12.5 Å². The van der Waals surface area contributed by atoms with Gasteiger partial charge in [0.25, 0.3) is 0 Å². The number of hydrogen-bond acceptors (Lipinski definition) is 3. The average Bonchev–Trinajstić information content (AvgIpc) is 2.34. The standard InChI is InChI=1S/C15H17FN2O/c1-14-6-17-8-15(13(14)19,9-18(7-14)10-17)11-3-2-4-12(16)5-11/h2-5H,6-10H2,1H3. The molecular formula is C15H17FN2O. The molecule has 2 unspecified atom stereocenters. The Bertz CT molecular complexity index is 557. The fourth-order valence-electron chi connectivity index (χ4n) is 4.41. The maximum Gasteiger partial charge on any atom is 0.154 e. The molecule has 1 aromatic rings. The molecule has 4 heteroatoms. The first kappa shape index (κ1) is 11.6. The highest BCUT2D eigenvalue weighted by Gasteiger charge is 2.61. The summed E-state index contributed by atoms with van der Waals surface area (Å²) in [4.78, 5) is 17.6. The number of ketones is 1. The van der Waals surface area contributed by atoms with Gasteiger partial charge in [-0.15, -0.1) is 0 Å². The van der Waals surface area contributed by atoms with Crippen LogP contribution in [-0.4, -0.2) is 48.4 Å². The lowest BCUT2D eigenvalue weighted by molar-refractivity contribution is -0.168. The maximum absolute atomic E-state index is 13.5. The highest BCUT2D eigenvalue weighted by Crippen LogP contribution is 2.47. The average molecular weight is 260 g/mol. The lowest BCUT2D eigenvalue weighted by atomic mass is 9.59. The minimum atomic E-state index is -0.522. The van der Waals surface area contributed by atoms with Gasteiger partial charge in [0, 0.05) is 26.2 Å². The van der Waals surface area contributed by atoms with Gasteiger partial charge in [0.05, 0.1) is 17.5 Å². The van der Waals surface area contributed by atoms with Gasteiger partial charge in [0.2, 0.25) is 0 Å². The Morgan fingerprint density at radius 1 is 1.16 bits per heavy atom. The highest BCUT2D eigenvalue weighted by molar-refractivity contribution is 5.97. The van der Waals surface area contributed by atoms with Crippen molar-refractivity contribution in [3.63, 3.8) is 0 Å². The van der Waals surface area contributed by atoms with Crippen LogP contribution in [0, 0.1) is 11.2 Å². The Kier molecular flexibility index (Phi) is 2.09. The van der Waals surface area contributed by atoms with E-state index in [1.54, 1.807) is 6.07 Å². The molecule has 3 nitrogen and oxygen atoms in total. The Morgan fingerprint density at radius 3 is 2.47 bits per heavy atom. The van der Waals surface area contributed by atoms with E-state index in [-0.39, 0.29) is 11.2 Å². The molecule has 100 valence electrons. The summed E-state index contributed by atoms with van der Waals surface area (Å²) in [5.41, 5.74) is 0.0324. The molecule has 0 N–H and O–H groups in total. The second-order valence-electron chi connectivity index (χ2n) is 6.60. The number of nitrogens with zero attached hydrogens (tertiary/aromatic N) is 2. The lowest BCUT2D eigenvalue weighted by Gasteiger charge is -2.62. The number of Topliss-reactive ketones (excluding diaryl/α,β-unsaturated/α-hetero) is 1. The molecule has 19 heavy (non-hydrogen) atoms. The van der Waals surface area contributed by atoms with Crippen molar-refractivity contribution in [3.05, 3.63) is 35.6 Å². The zero-order valence-corrected chi connectivity index (χ0v) is 11.0. The normalized spacial score (nSPS) is 43.8. The van der Waals surface area contributed by atoms with Crippen molar-refractivity contribution >= 4 is 5.78 Å². The molecule has 0 spiro atoms. The minimum Gasteiger partial charge on any atom is -0.298 e. The number of piperidine rings is 2. The van der Waals surface area contributed by atoms with Crippen molar-refractivity contribution in [2.24, 2.45) is 5.41 Å². The van der Waals surface area contributed by atoms with Crippen LogP contribution in [-0.2, 0) is 10.2 Å². The number of hydrogen-bond donors (Lipinski definition) is 0. The van der Waals surface area contributed by atoms with E-state index in [0.29, 0.717) is 5.78 Å². The molecule has 0 aliphatic carbocycles. The van der Waals surface area contributed by atoms with E-state index in [9.17, 15) is 9.18 Å². The Morgan fingerprint density at radius 2 is 1.84 bits per heavy atom. The van der Waals surface area contributed by atoms with Crippen LogP contribution in [0.15, 0.2) is 24.3 Å². The van der Waals surface area contributed by atoms with Crippen LogP contribution in [0.5, 0.6) is 0 Å². The second kappa shape index (κ2) is 3.44. The van der Waals surface area contributed by atoms with E-state index in [1.807, 2.05) is 6.07 Å². The summed E-state index contributed by atoms with van der Waals surface area (Å²) >= 11 is 0. The molecular weight excluding hydrogens is 243 g/mol. The third-order valence-corrected chi connectivity index (χ3v) is 4.89. The monoisotopic (exact) mass is 260 g/mol. The Balaban J connectivity index is 1.87. The van der Waals surface area contributed by atoms with Gasteiger partial charge in [-0.2, -0.15) is 0 Å². The molecule has 2 atom stereocenters.